The van der Waals surface area contributed by atoms with Gasteiger partial charge in [0.15, 0.2) is 0 Å². The fourth-order valence-corrected chi connectivity index (χ4v) is 2.65. The highest BCUT2D eigenvalue weighted by Crippen LogP contribution is 2.06. The van der Waals surface area contributed by atoms with Gasteiger partial charge in [0.2, 0.25) is 5.78 Å². The number of hydrazone groups is 1. The van der Waals surface area contributed by atoms with Crippen LogP contribution in [-0.4, -0.2) is 24.1 Å². The first kappa shape index (κ1) is 22.2. The molecule has 0 aromatic rings. The summed E-state index contributed by atoms with van der Waals surface area (Å²) in [5.41, 5.74) is 8.34. The van der Waals surface area contributed by atoms with Crippen molar-refractivity contribution in [1.82, 2.24) is 21.8 Å². The normalized spacial score (nSPS) is 13.3. The Morgan fingerprint density at radius 1 is 1.00 bits per heavy atom. The van der Waals surface area contributed by atoms with Gasteiger partial charge in [0, 0.05) is 19.4 Å². The average molecular weight is 366 g/mol. The first-order chi connectivity index (χ1) is 12.7. The second kappa shape index (κ2) is 15.4. The number of nitrogens with zero attached hydrogens (tertiary/aromatic N) is 1. The van der Waals surface area contributed by atoms with Crippen LogP contribution in [0.3, 0.4) is 0 Å². The summed E-state index contributed by atoms with van der Waals surface area (Å²) in [7, 11) is 0. The molecule has 0 saturated carbocycles. The monoisotopic (exact) mass is 365 g/mol. The summed E-state index contributed by atoms with van der Waals surface area (Å²) in [5.74, 6) is 0.277. The molecule has 4 N–H and O–H groups in total. The second-order valence-electron chi connectivity index (χ2n) is 6.62. The molecule has 1 heterocycles. The highest BCUT2D eigenvalue weighted by atomic mass is 16.2. The summed E-state index contributed by atoms with van der Waals surface area (Å²) in [6.45, 7) is 2.67. The third kappa shape index (κ3) is 11.6. The van der Waals surface area contributed by atoms with Gasteiger partial charge in [0.05, 0.1) is 0 Å². The molecule has 0 radical (unpaired) electrons. The van der Waals surface area contributed by atoms with Gasteiger partial charge in [-0.3, -0.25) is 15.0 Å². The van der Waals surface area contributed by atoms with Crippen molar-refractivity contribution in [3.8, 4) is 0 Å². The van der Waals surface area contributed by atoms with Crippen molar-refractivity contribution in [3.63, 3.8) is 0 Å². The largest absolute Gasteiger partial charge is 0.350 e. The van der Waals surface area contributed by atoms with E-state index in [9.17, 15) is 9.59 Å². The highest BCUT2D eigenvalue weighted by Gasteiger charge is 2.11. The number of hydrogen-bond acceptors (Lipinski definition) is 6. The number of amides is 1. The molecule has 1 aliphatic rings. The molecule has 7 nitrogen and oxygen atoms in total. The van der Waals surface area contributed by atoms with Crippen molar-refractivity contribution in [2.45, 2.75) is 84.0 Å². The van der Waals surface area contributed by atoms with E-state index in [1.807, 2.05) is 0 Å². The molecule has 0 fully saturated rings. The van der Waals surface area contributed by atoms with Gasteiger partial charge in [-0.15, -0.1) is 10.6 Å². The van der Waals surface area contributed by atoms with Crippen LogP contribution in [0.2, 0.25) is 0 Å². The Balaban J connectivity index is 1.85. The van der Waals surface area contributed by atoms with E-state index in [4.69, 9.17) is 0 Å². The van der Waals surface area contributed by atoms with Crippen molar-refractivity contribution in [1.29, 1.82) is 0 Å². The molecule has 0 saturated heterocycles. The average Bonchev–Trinajstić information content (AvgIpc) is 3.16. The topological polar surface area (TPSA) is 94.6 Å². The van der Waals surface area contributed by atoms with Gasteiger partial charge in [0.25, 0.3) is 5.91 Å². The number of nitrogens with one attached hydrogen (secondary N) is 4. The number of unbranched alkanes of at least 4 members (excludes halogenated alkanes) is 7. The minimum Gasteiger partial charge on any atom is -0.350 e. The minimum absolute atomic E-state index is 0.276. The molecule has 1 aliphatic heterocycles. The zero-order valence-electron chi connectivity index (χ0n) is 16.1. The number of hydrogen-bond donors (Lipinski definition) is 4. The van der Waals surface area contributed by atoms with Crippen LogP contribution in [0.5, 0.6) is 0 Å². The van der Waals surface area contributed by atoms with Crippen LogP contribution in [0, 0.1) is 0 Å². The molecule has 0 aliphatic carbocycles. The van der Waals surface area contributed by atoms with Crippen molar-refractivity contribution in [2.75, 3.05) is 6.54 Å². The Hall–Kier alpha value is -1.89. The van der Waals surface area contributed by atoms with Crippen LogP contribution in [-0.2, 0) is 9.59 Å². The van der Waals surface area contributed by atoms with Gasteiger partial charge in [-0.1, -0.05) is 38.3 Å². The molecule has 1 rings (SSSR count). The second-order valence-corrected chi connectivity index (χ2v) is 6.62. The number of amidine groups is 1. The van der Waals surface area contributed by atoms with Crippen LogP contribution < -0.4 is 21.8 Å². The number of Topliss-reactive ketones (excluding diaryl/α,β-unsaturated/α-hetero) is 1. The molecule has 0 spiro atoms. The van der Waals surface area contributed by atoms with E-state index in [1.165, 1.54) is 12.8 Å². The predicted molar refractivity (Wildman–Crippen MR) is 105 cm³/mol. The molecule has 7 heteroatoms. The quantitative estimate of drug-likeness (QED) is 0.192. The lowest BCUT2D eigenvalue weighted by atomic mass is 10.1. The summed E-state index contributed by atoms with van der Waals surface area (Å²) in [6, 6.07) is 0. The van der Waals surface area contributed by atoms with Gasteiger partial charge in [-0.2, -0.15) is 0 Å². The van der Waals surface area contributed by atoms with Crippen molar-refractivity contribution >= 4 is 17.5 Å². The molecule has 0 bridgehead atoms. The van der Waals surface area contributed by atoms with Crippen molar-refractivity contribution in [2.24, 2.45) is 5.10 Å². The highest BCUT2D eigenvalue weighted by molar-refractivity contribution is 6.36. The SMILES string of the molecule is CCCCCC(=O)C(=O)NCCCC/C=C/CCCCCC1=NNNN1. The number of rotatable bonds is 16. The number of carbonyl (C=O) groups is 2. The number of hydrazine groups is 2. The standard InChI is InChI=1S/C19H35N5O2/c1-2-3-11-14-17(25)19(26)20-16-13-10-8-6-4-5-7-9-12-15-18-21-23-24-22-18/h4,6,23-24H,2-3,5,7-16H2,1H3,(H,20,26)(H,21,22)/b6-4+. The lowest BCUT2D eigenvalue weighted by Gasteiger charge is -2.03. The maximum absolute atomic E-state index is 11.6. The lowest BCUT2D eigenvalue weighted by molar-refractivity contribution is -0.138. The van der Waals surface area contributed by atoms with Crippen LogP contribution in [0.4, 0.5) is 0 Å². The Labute approximate surface area is 157 Å². The molecule has 0 atom stereocenters. The van der Waals surface area contributed by atoms with E-state index >= 15 is 0 Å². The smallest absolute Gasteiger partial charge is 0.287 e. The van der Waals surface area contributed by atoms with E-state index in [1.54, 1.807) is 0 Å². The van der Waals surface area contributed by atoms with Gasteiger partial charge in [-0.25, -0.2) is 5.53 Å². The Morgan fingerprint density at radius 2 is 1.77 bits per heavy atom. The van der Waals surface area contributed by atoms with Crippen LogP contribution in [0.25, 0.3) is 0 Å². The van der Waals surface area contributed by atoms with Crippen molar-refractivity contribution < 1.29 is 9.59 Å². The van der Waals surface area contributed by atoms with E-state index in [-0.39, 0.29) is 5.78 Å². The third-order valence-corrected chi connectivity index (χ3v) is 4.25. The molecule has 0 aromatic heterocycles. The molecule has 148 valence electrons. The molecule has 26 heavy (non-hydrogen) atoms. The summed E-state index contributed by atoms with van der Waals surface area (Å²) < 4.78 is 0. The van der Waals surface area contributed by atoms with Gasteiger partial charge < -0.3 is 5.32 Å². The minimum atomic E-state index is -0.415. The lowest BCUT2D eigenvalue weighted by Crippen LogP contribution is -2.34. The molecular formula is C19H35N5O2. The van der Waals surface area contributed by atoms with Crippen LogP contribution in [0.15, 0.2) is 17.3 Å². The maximum atomic E-state index is 11.6. The first-order valence-electron chi connectivity index (χ1n) is 10.0. The van der Waals surface area contributed by atoms with E-state index in [0.29, 0.717) is 13.0 Å². The molecule has 0 unspecified atom stereocenters. The predicted octanol–water partition coefficient (Wildman–Crippen LogP) is 2.85. The first-order valence-corrected chi connectivity index (χ1v) is 10.0. The fraction of sp³-hybridized carbons (Fsp3) is 0.737. The van der Waals surface area contributed by atoms with Gasteiger partial charge in [0.1, 0.15) is 5.84 Å². The van der Waals surface area contributed by atoms with Gasteiger partial charge >= 0.3 is 0 Å². The summed E-state index contributed by atoms with van der Waals surface area (Å²) in [6.07, 6.45) is 16.3. The number of ketones is 1. The Bertz CT molecular complexity index is 463. The fourth-order valence-electron chi connectivity index (χ4n) is 2.65. The zero-order chi connectivity index (χ0) is 18.9. The summed E-state index contributed by atoms with van der Waals surface area (Å²) >= 11 is 0. The molecular weight excluding hydrogens is 330 g/mol. The summed E-state index contributed by atoms with van der Waals surface area (Å²) in [4.78, 5) is 23.2. The van der Waals surface area contributed by atoms with Gasteiger partial charge in [-0.05, 0) is 44.9 Å². The van der Waals surface area contributed by atoms with Crippen LogP contribution >= 0.6 is 0 Å². The third-order valence-electron chi connectivity index (χ3n) is 4.25. The Morgan fingerprint density at radius 3 is 2.46 bits per heavy atom. The maximum Gasteiger partial charge on any atom is 0.287 e. The zero-order valence-corrected chi connectivity index (χ0v) is 16.1. The van der Waals surface area contributed by atoms with E-state index < -0.39 is 5.91 Å². The van der Waals surface area contributed by atoms with E-state index in [0.717, 1.165) is 63.6 Å². The van der Waals surface area contributed by atoms with Crippen molar-refractivity contribution in [3.05, 3.63) is 12.2 Å². The summed E-state index contributed by atoms with van der Waals surface area (Å²) in [5, 5.41) is 6.76. The molecule has 0 aromatic carbocycles. The number of allylic oxidation sites excluding steroid dienone is 2. The number of carbonyl (C=O) groups excluding carboxylic acids is 2. The van der Waals surface area contributed by atoms with E-state index in [2.05, 4.69) is 46.0 Å². The molecule has 1 amide bonds. The van der Waals surface area contributed by atoms with Crippen LogP contribution in [0.1, 0.15) is 84.0 Å². The Kier molecular flexibility index (Phi) is 13.1.